The van der Waals surface area contributed by atoms with Gasteiger partial charge in [-0.05, 0) is 30.5 Å². The Bertz CT molecular complexity index is 474. The van der Waals surface area contributed by atoms with Crippen molar-refractivity contribution in [1.29, 1.82) is 5.26 Å². The first kappa shape index (κ1) is 12.6. The minimum atomic E-state index is 0.0873. The van der Waals surface area contributed by atoms with Gasteiger partial charge in [0.05, 0.1) is 18.2 Å². The number of nitriles is 1. The van der Waals surface area contributed by atoms with E-state index in [0.717, 1.165) is 5.56 Å². The summed E-state index contributed by atoms with van der Waals surface area (Å²) in [6.07, 6.45) is 2.36. The van der Waals surface area contributed by atoms with Gasteiger partial charge in [0, 0.05) is 19.6 Å². The third-order valence-electron chi connectivity index (χ3n) is 3.02. The molecule has 4 heteroatoms. The van der Waals surface area contributed by atoms with E-state index in [-0.39, 0.29) is 5.91 Å². The van der Waals surface area contributed by atoms with Crippen LogP contribution in [0.4, 0.5) is 0 Å². The van der Waals surface area contributed by atoms with Crippen molar-refractivity contribution in [2.75, 3.05) is 13.6 Å². The second-order valence-electron chi connectivity index (χ2n) is 4.72. The number of carbonyl (C=O) groups excluding carboxylic acids is 1. The van der Waals surface area contributed by atoms with Crippen molar-refractivity contribution in [2.45, 2.75) is 25.4 Å². The standard InChI is InChI=1S/C14H17N3O/c1-17(14(18)9-16-13-5-6-13)10-12-4-2-3-11(7-12)8-15/h2-4,7,13,16H,5-6,9-10H2,1H3. The topological polar surface area (TPSA) is 56.1 Å². The van der Waals surface area contributed by atoms with Gasteiger partial charge in [-0.1, -0.05) is 12.1 Å². The zero-order valence-electron chi connectivity index (χ0n) is 10.5. The van der Waals surface area contributed by atoms with Crippen molar-refractivity contribution in [3.63, 3.8) is 0 Å². The van der Waals surface area contributed by atoms with Crippen LogP contribution in [0.3, 0.4) is 0 Å². The largest absolute Gasteiger partial charge is 0.340 e. The minimum absolute atomic E-state index is 0.0873. The Morgan fingerprint density at radius 3 is 3.00 bits per heavy atom. The molecule has 1 aliphatic carbocycles. The summed E-state index contributed by atoms with van der Waals surface area (Å²) in [6.45, 7) is 0.944. The van der Waals surface area contributed by atoms with Crippen molar-refractivity contribution in [2.24, 2.45) is 0 Å². The molecule has 94 valence electrons. The molecule has 1 aromatic rings. The third-order valence-corrected chi connectivity index (χ3v) is 3.02. The molecule has 0 unspecified atom stereocenters. The van der Waals surface area contributed by atoms with Crippen LogP contribution in [0.2, 0.25) is 0 Å². The van der Waals surface area contributed by atoms with Gasteiger partial charge in [0.25, 0.3) is 0 Å². The van der Waals surface area contributed by atoms with E-state index in [1.54, 1.807) is 18.0 Å². The molecule has 0 radical (unpaired) electrons. The average molecular weight is 243 g/mol. The van der Waals surface area contributed by atoms with Crippen molar-refractivity contribution in [3.8, 4) is 6.07 Å². The lowest BCUT2D eigenvalue weighted by Crippen LogP contribution is -2.35. The maximum Gasteiger partial charge on any atom is 0.236 e. The van der Waals surface area contributed by atoms with Gasteiger partial charge in [-0.2, -0.15) is 5.26 Å². The first-order chi connectivity index (χ1) is 8.69. The van der Waals surface area contributed by atoms with E-state index >= 15 is 0 Å². The summed E-state index contributed by atoms with van der Waals surface area (Å²) in [5.74, 6) is 0.0873. The SMILES string of the molecule is CN(Cc1cccc(C#N)c1)C(=O)CNC1CC1. The number of nitrogens with one attached hydrogen (secondary N) is 1. The summed E-state index contributed by atoms with van der Waals surface area (Å²) in [7, 11) is 1.79. The third kappa shape index (κ3) is 3.57. The summed E-state index contributed by atoms with van der Waals surface area (Å²) in [5, 5.41) is 12.0. The molecule has 18 heavy (non-hydrogen) atoms. The maximum atomic E-state index is 11.8. The molecular weight excluding hydrogens is 226 g/mol. The van der Waals surface area contributed by atoms with Crippen molar-refractivity contribution < 1.29 is 4.79 Å². The normalized spacial score (nSPS) is 14.0. The minimum Gasteiger partial charge on any atom is -0.340 e. The number of benzene rings is 1. The van der Waals surface area contributed by atoms with Crippen molar-refractivity contribution in [1.82, 2.24) is 10.2 Å². The first-order valence-electron chi connectivity index (χ1n) is 6.15. The van der Waals surface area contributed by atoms with E-state index in [1.165, 1.54) is 12.8 Å². The molecule has 0 aliphatic heterocycles. The number of carbonyl (C=O) groups is 1. The highest BCUT2D eigenvalue weighted by Gasteiger charge is 2.21. The van der Waals surface area contributed by atoms with E-state index in [4.69, 9.17) is 5.26 Å². The molecule has 0 atom stereocenters. The number of hydrogen-bond donors (Lipinski definition) is 1. The summed E-state index contributed by atoms with van der Waals surface area (Å²) in [4.78, 5) is 13.5. The Morgan fingerprint density at radius 1 is 1.56 bits per heavy atom. The van der Waals surface area contributed by atoms with Gasteiger partial charge in [0.2, 0.25) is 5.91 Å². The highest BCUT2D eigenvalue weighted by atomic mass is 16.2. The Balaban J connectivity index is 1.86. The lowest BCUT2D eigenvalue weighted by atomic mass is 10.1. The quantitative estimate of drug-likeness (QED) is 0.847. The molecule has 0 bridgehead atoms. The summed E-state index contributed by atoms with van der Waals surface area (Å²) >= 11 is 0. The highest BCUT2D eigenvalue weighted by Crippen LogP contribution is 2.18. The second kappa shape index (κ2) is 5.65. The van der Waals surface area contributed by atoms with Crippen molar-refractivity contribution in [3.05, 3.63) is 35.4 Å². The molecule has 0 aromatic heterocycles. The van der Waals surface area contributed by atoms with Crippen molar-refractivity contribution >= 4 is 5.91 Å². The Kier molecular flexibility index (Phi) is 3.96. The van der Waals surface area contributed by atoms with Crippen LogP contribution in [0.1, 0.15) is 24.0 Å². The highest BCUT2D eigenvalue weighted by molar-refractivity contribution is 5.78. The number of hydrogen-bond acceptors (Lipinski definition) is 3. The molecule has 1 amide bonds. The Hall–Kier alpha value is -1.86. The van der Waals surface area contributed by atoms with Gasteiger partial charge in [-0.3, -0.25) is 4.79 Å². The molecule has 1 saturated carbocycles. The molecule has 2 rings (SSSR count). The lowest BCUT2D eigenvalue weighted by Gasteiger charge is -2.17. The van der Waals surface area contributed by atoms with Crippen LogP contribution in [-0.2, 0) is 11.3 Å². The van der Waals surface area contributed by atoms with Crippen LogP contribution < -0.4 is 5.32 Å². The molecular formula is C14H17N3O. The van der Waals surface area contributed by atoms with Gasteiger partial charge in [-0.25, -0.2) is 0 Å². The fourth-order valence-corrected chi connectivity index (χ4v) is 1.76. The smallest absolute Gasteiger partial charge is 0.236 e. The predicted molar refractivity (Wildman–Crippen MR) is 68.7 cm³/mol. The molecule has 0 heterocycles. The van der Waals surface area contributed by atoms with E-state index in [0.29, 0.717) is 24.7 Å². The summed E-state index contributed by atoms with van der Waals surface area (Å²) in [5.41, 5.74) is 1.61. The molecule has 0 spiro atoms. The van der Waals surface area contributed by atoms with Crippen LogP contribution >= 0.6 is 0 Å². The van der Waals surface area contributed by atoms with E-state index < -0.39 is 0 Å². The van der Waals surface area contributed by atoms with Crippen LogP contribution in [-0.4, -0.2) is 30.4 Å². The fourth-order valence-electron chi connectivity index (χ4n) is 1.76. The van der Waals surface area contributed by atoms with Gasteiger partial charge < -0.3 is 10.2 Å². The van der Waals surface area contributed by atoms with E-state index in [2.05, 4.69) is 11.4 Å². The number of rotatable bonds is 5. The van der Waals surface area contributed by atoms with Gasteiger partial charge in [0.1, 0.15) is 0 Å². The van der Waals surface area contributed by atoms with Gasteiger partial charge >= 0.3 is 0 Å². The number of nitrogens with zero attached hydrogens (tertiary/aromatic N) is 2. The van der Waals surface area contributed by atoms with Gasteiger partial charge in [-0.15, -0.1) is 0 Å². The van der Waals surface area contributed by atoms with Gasteiger partial charge in [0.15, 0.2) is 0 Å². The molecule has 0 saturated heterocycles. The summed E-state index contributed by atoms with van der Waals surface area (Å²) in [6, 6.07) is 10.0. The first-order valence-corrected chi connectivity index (χ1v) is 6.15. The summed E-state index contributed by atoms with van der Waals surface area (Å²) < 4.78 is 0. The van der Waals surface area contributed by atoms with Crippen LogP contribution in [0.15, 0.2) is 24.3 Å². The van der Waals surface area contributed by atoms with Crippen LogP contribution in [0.25, 0.3) is 0 Å². The predicted octanol–water partition coefficient (Wildman–Crippen LogP) is 1.27. The molecule has 1 aromatic carbocycles. The Labute approximate surface area is 107 Å². The number of amides is 1. The maximum absolute atomic E-state index is 11.8. The van der Waals surface area contributed by atoms with E-state index in [9.17, 15) is 4.79 Å². The molecule has 1 fully saturated rings. The molecule has 4 nitrogen and oxygen atoms in total. The second-order valence-corrected chi connectivity index (χ2v) is 4.72. The molecule has 1 aliphatic rings. The zero-order valence-corrected chi connectivity index (χ0v) is 10.5. The molecule has 1 N–H and O–H groups in total. The van der Waals surface area contributed by atoms with Crippen LogP contribution in [0.5, 0.6) is 0 Å². The van der Waals surface area contributed by atoms with E-state index in [1.807, 2.05) is 18.2 Å². The number of likely N-dealkylation sites (N-methyl/N-ethyl adjacent to an activating group) is 1. The lowest BCUT2D eigenvalue weighted by molar-refractivity contribution is -0.129. The average Bonchev–Trinajstić information content (AvgIpc) is 3.20. The Morgan fingerprint density at radius 2 is 2.33 bits per heavy atom. The fraction of sp³-hybridized carbons (Fsp3) is 0.429. The van der Waals surface area contributed by atoms with Crippen LogP contribution in [0, 0.1) is 11.3 Å². The monoisotopic (exact) mass is 243 g/mol. The zero-order chi connectivity index (χ0) is 13.0.